The van der Waals surface area contributed by atoms with Crippen LogP contribution in [0.1, 0.15) is 18.4 Å². The maximum Gasteiger partial charge on any atom is 0.262 e. The number of hydrogen-bond donors (Lipinski definition) is 2. The fraction of sp³-hybridized carbons (Fsp3) is 0.188. The number of fused-ring (bicyclic) bond motifs is 2. The fourth-order valence-electron chi connectivity index (χ4n) is 2.74. The van der Waals surface area contributed by atoms with E-state index in [-0.39, 0.29) is 23.5 Å². The Labute approximate surface area is 138 Å². The van der Waals surface area contributed by atoms with Crippen LogP contribution in [0.5, 0.6) is 11.5 Å². The van der Waals surface area contributed by atoms with Crippen LogP contribution in [0.15, 0.2) is 41.3 Å². The number of amides is 1. The molecule has 2 aliphatic rings. The highest BCUT2D eigenvalue weighted by Gasteiger charge is 2.27. The second-order valence-corrected chi connectivity index (χ2v) is 7.32. The van der Waals surface area contributed by atoms with E-state index in [1.807, 2.05) is 0 Å². The van der Waals surface area contributed by atoms with Crippen LogP contribution in [0.4, 0.5) is 11.4 Å². The maximum atomic E-state index is 12.6. The summed E-state index contributed by atoms with van der Waals surface area (Å²) in [6.45, 7) is 1.85. The molecule has 0 fully saturated rings. The van der Waals surface area contributed by atoms with Gasteiger partial charge in [0.25, 0.3) is 10.0 Å². The molecular weight excluding hydrogens is 332 g/mol. The summed E-state index contributed by atoms with van der Waals surface area (Å²) >= 11 is 0. The van der Waals surface area contributed by atoms with Crippen LogP contribution in [-0.2, 0) is 14.8 Å². The summed E-state index contributed by atoms with van der Waals surface area (Å²) in [5.74, 6) is 0.510. The van der Waals surface area contributed by atoms with Gasteiger partial charge in [-0.2, -0.15) is 0 Å². The lowest BCUT2D eigenvalue weighted by atomic mass is 10.0. The molecule has 2 N–H and O–H groups in total. The number of carbonyl (C=O) groups excluding carboxylic acids is 1. The summed E-state index contributed by atoms with van der Waals surface area (Å²) in [4.78, 5) is 11.8. The van der Waals surface area contributed by atoms with E-state index < -0.39 is 10.0 Å². The van der Waals surface area contributed by atoms with E-state index in [9.17, 15) is 13.2 Å². The number of anilines is 2. The Kier molecular flexibility index (Phi) is 3.17. The minimum atomic E-state index is -3.77. The Hall–Kier alpha value is -2.74. The molecule has 0 bridgehead atoms. The molecule has 0 spiro atoms. The first-order valence-electron chi connectivity index (χ1n) is 7.31. The van der Waals surface area contributed by atoms with Crippen LogP contribution in [0.3, 0.4) is 0 Å². The number of sulfonamides is 1. The van der Waals surface area contributed by atoms with Crippen LogP contribution in [0, 0.1) is 0 Å². The summed E-state index contributed by atoms with van der Waals surface area (Å²) in [7, 11) is -3.77. The van der Waals surface area contributed by atoms with Gasteiger partial charge in [-0.3, -0.25) is 9.52 Å². The van der Waals surface area contributed by atoms with E-state index >= 15 is 0 Å². The zero-order valence-electron chi connectivity index (χ0n) is 12.7. The summed E-state index contributed by atoms with van der Waals surface area (Å²) in [5, 5.41) is 2.75. The first-order chi connectivity index (χ1) is 11.4. The Morgan fingerprint density at radius 1 is 1.12 bits per heavy atom. The second-order valence-electron chi connectivity index (χ2n) is 5.63. The van der Waals surface area contributed by atoms with Crippen LogP contribution in [0.25, 0.3) is 0 Å². The molecule has 124 valence electrons. The summed E-state index contributed by atoms with van der Waals surface area (Å²) in [5.41, 5.74) is 1.87. The molecule has 1 unspecified atom stereocenters. The van der Waals surface area contributed by atoms with Crippen LogP contribution in [-0.4, -0.2) is 21.1 Å². The summed E-state index contributed by atoms with van der Waals surface area (Å²) in [6, 6.07) is 9.41. The van der Waals surface area contributed by atoms with Crippen LogP contribution < -0.4 is 19.5 Å². The number of hydrogen-bond acceptors (Lipinski definition) is 5. The highest BCUT2D eigenvalue weighted by atomic mass is 32.2. The summed E-state index contributed by atoms with van der Waals surface area (Å²) < 4.78 is 38.0. The predicted octanol–water partition coefficient (Wildman–Crippen LogP) is 2.27. The van der Waals surface area contributed by atoms with E-state index in [0.29, 0.717) is 22.9 Å². The van der Waals surface area contributed by atoms with Gasteiger partial charge in [-0.05, 0) is 42.8 Å². The molecule has 0 radical (unpaired) electrons. The fourth-order valence-corrected chi connectivity index (χ4v) is 3.80. The quantitative estimate of drug-likeness (QED) is 0.889. The number of ether oxygens (including phenoxy) is 2. The molecule has 4 rings (SSSR count). The van der Waals surface area contributed by atoms with Crippen molar-refractivity contribution in [3.05, 3.63) is 42.0 Å². The largest absolute Gasteiger partial charge is 0.454 e. The number of nitrogens with one attached hydrogen (secondary N) is 2. The molecule has 2 aromatic rings. The molecule has 0 saturated heterocycles. The highest BCUT2D eigenvalue weighted by Crippen LogP contribution is 2.36. The van der Waals surface area contributed by atoms with Gasteiger partial charge in [0.2, 0.25) is 12.7 Å². The van der Waals surface area contributed by atoms with Crippen molar-refractivity contribution in [3.63, 3.8) is 0 Å². The molecule has 2 aromatic carbocycles. The lowest BCUT2D eigenvalue weighted by Gasteiger charge is -2.10. The van der Waals surface area contributed by atoms with Gasteiger partial charge in [-0.15, -0.1) is 0 Å². The first kappa shape index (κ1) is 14.8. The third kappa shape index (κ3) is 2.35. The molecule has 7 nitrogen and oxygen atoms in total. The van der Waals surface area contributed by atoms with Crippen molar-refractivity contribution in [2.75, 3.05) is 16.8 Å². The molecule has 0 saturated carbocycles. The number of carbonyl (C=O) groups is 1. The molecule has 1 atom stereocenters. The van der Waals surface area contributed by atoms with Crippen LogP contribution in [0.2, 0.25) is 0 Å². The molecule has 2 heterocycles. The lowest BCUT2D eigenvalue weighted by molar-refractivity contribution is -0.116. The van der Waals surface area contributed by atoms with Gasteiger partial charge >= 0.3 is 0 Å². The van der Waals surface area contributed by atoms with E-state index in [1.54, 1.807) is 31.2 Å². The number of rotatable bonds is 3. The highest BCUT2D eigenvalue weighted by molar-refractivity contribution is 7.92. The maximum absolute atomic E-state index is 12.6. The Bertz CT molecular complexity index is 955. The molecule has 2 aliphatic heterocycles. The van der Waals surface area contributed by atoms with E-state index in [0.717, 1.165) is 5.56 Å². The van der Waals surface area contributed by atoms with Crippen molar-refractivity contribution >= 4 is 27.3 Å². The van der Waals surface area contributed by atoms with E-state index in [1.165, 1.54) is 12.1 Å². The zero-order chi connectivity index (χ0) is 16.9. The van der Waals surface area contributed by atoms with E-state index in [4.69, 9.17) is 9.47 Å². The standard InChI is InChI=1S/C16H14N2O5S/c1-9-12-6-10(2-4-13(12)17-16(9)19)18-24(20,21)11-3-5-14-15(7-11)23-8-22-14/h2-7,9,18H,8H2,1H3,(H,17,19). The minimum absolute atomic E-state index is 0.0782. The van der Waals surface area contributed by atoms with Crippen molar-refractivity contribution in [3.8, 4) is 11.5 Å². The van der Waals surface area contributed by atoms with Gasteiger partial charge in [0.05, 0.1) is 10.8 Å². The van der Waals surface area contributed by atoms with Gasteiger partial charge in [0.15, 0.2) is 11.5 Å². The first-order valence-corrected chi connectivity index (χ1v) is 8.80. The molecule has 0 aliphatic carbocycles. The topological polar surface area (TPSA) is 93.7 Å². The van der Waals surface area contributed by atoms with Crippen molar-refractivity contribution in [2.45, 2.75) is 17.7 Å². The van der Waals surface area contributed by atoms with Gasteiger partial charge < -0.3 is 14.8 Å². The third-order valence-electron chi connectivity index (χ3n) is 4.08. The van der Waals surface area contributed by atoms with Gasteiger partial charge in [0, 0.05) is 17.4 Å². The average Bonchev–Trinajstić information content (AvgIpc) is 3.12. The SMILES string of the molecule is CC1C(=O)Nc2ccc(NS(=O)(=O)c3ccc4c(c3)OCO4)cc21. The van der Waals surface area contributed by atoms with Crippen molar-refractivity contribution in [1.29, 1.82) is 0 Å². The summed E-state index contributed by atoms with van der Waals surface area (Å²) in [6.07, 6.45) is 0. The van der Waals surface area contributed by atoms with E-state index in [2.05, 4.69) is 10.0 Å². The average molecular weight is 346 g/mol. The Morgan fingerprint density at radius 2 is 1.92 bits per heavy atom. The zero-order valence-corrected chi connectivity index (χ0v) is 13.5. The lowest BCUT2D eigenvalue weighted by Crippen LogP contribution is -2.13. The predicted molar refractivity (Wildman–Crippen MR) is 86.9 cm³/mol. The Balaban J connectivity index is 1.64. The van der Waals surface area contributed by atoms with Gasteiger partial charge in [0.1, 0.15) is 0 Å². The van der Waals surface area contributed by atoms with Crippen LogP contribution >= 0.6 is 0 Å². The van der Waals surface area contributed by atoms with Gasteiger partial charge in [-0.1, -0.05) is 0 Å². The second kappa shape index (κ2) is 5.13. The normalized spacial score (nSPS) is 18.2. The molecule has 24 heavy (non-hydrogen) atoms. The number of benzene rings is 2. The Morgan fingerprint density at radius 3 is 2.75 bits per heavy atom. The molecule has 1 amide bonds. The third-order valence-corrected chi connectivity index (χ3v) is 5.45. The smallest absolute Gasteiger partial charge is 0.262 e. The minimum Gasteiger partial charge on any atom is -0.454 e. The van der Waals surface area contributed by atoms with Crippen molar-refractivity contribution < 1.29 is 22.7 Å². The van der Waals surface area contributed by atoms with Crippen molar-refractivity contribution in [1.82, 2.24) is 0 Å². The molecular formula is C16H14N2O5S. The molecule has 0 aromatic heterocycles. The molecule has 8 heteroatoms. The monoisotopic (exact) mass is 346 g/mol. The van der Waals surface area contributed by atoms with Gasteiger partial charge in [-0.25, -0.2) is 8.42 Å². The van der Waals surface area contributed by atoms with Crippen molar-refractivity contribution in [2.24, 2.45) is 0 Å².